The van der Waals surface area contributed by atoms with Crippen LogP contribution >= 0.6 is 7.82 Å². The minimum Gasteiger partial charge on any atom is -0.790 e. The van der Waals surface area contributed by atoms with Crippen molar-refractivity contribution in [3.63, 3.8) is 0 Å². The number of unbranched alkanes of at least 4 members (excludes halogenated alkanes) is 5. The molecule has 0 bridgehead atoms. The maximum Gasteiger partial charge on any atom is 1.00 e. The van der Waals surface area contributed by atoms with Gasteiger partial charge in [-0.1, -0.05) is 39.0 Å². The Morgan fingerprint density at radius 3 is 1.82 bits per heavy atom. The molecule has 0 fully saturated rings. The van der Waals surface area contributed by atoms with Crippen molar-refractivity contribution in [3.8, 4) is 83.4 Å². The summed E-state index contributed by atoms with van der Waals surface area (Å²) in [6.07, 6.45) is 9.42. The molecule has 0 amide bonds. The van der Waals surface area contributed by atoms with Crippen molar-refractivity contribution in [2.24, 2.45) is 0 Å². The van der Waals surface area contributed by atoms with Gasteiger partial charge in [0, 0.05) is 29.5 Å². The van der Waals surface area contributed by atoms with E-state index in [2.05, 4.69) is 88.4 Å². The van der Waals surface area contributed by atoms with Crippen LogP contribution in [0.15, 0.2) is 0 Å². The smallest absolute Gasteiger partial charge is 0.790 e. The Morgan fingerprint density at radius 2 is 1.31 bits per heavy atom. The Bertz CT molecular complexity index is 1260. The van der Waals surface area contributed by atoms with Crippen molar-refractivity contribution >= 4 is 19.8 Å². The summed E-state index contributed by atoms with van der Waals surface area (Å²) >= 11 is 0. The largest absolute Gasteiger partial charge is 1.00 e. The van der Waals surface area contributed by atoms with Crippen LogP contribution in [0.4, 0.5) is 0 Å². The first-order valence-corrected chi connectivity index (χ1v) is 12.2. The third-order valence-electron chi connectivity index (χ3n) is 3.71. The van der Waals surface area contributed by atoms with E-state index < -0.39 is 39.1 Å². The molecule has 0 aromatic heterocycles. The molecule has 0 heterocycles. The number of hydrogen-bond acceptors (Lipinski definition) is 9. The molecule has 1 atom stereocenters. The van der Waals surface area contributed by atoms with E-state index >= 15 is 0 Å². The predicted octanol–water partition coefficient (Wildman–Crippen LogP) is -2.19. The van der Waals surface area contributed by atoms with E-state index in [1.807, 2.05) is 0 Å². The Labute approximate surface area is 293 Å². The second-order valence-corrected chi connectivity index (χ2v) is 7.77. The van der Waals surface area contributed by atoms with Crippen molar-refractivity contribution < 1.29 is 114 Å². The fourth-order valence-corrected chi connectivity index (χ4v) is 2.54. The summed E-state index contributed by atoms with van der Waals surface area (Å²) in [4.78, 5) is 45.1. The molecule has 0 saturated carbocycles. The number of terminal acetylenes is 1. The Kier molecular flexibility index (Phi) is 34.4. The number of ether oxygens (including phenoxy) is 2. The van der Waals surface area contributed by atoms with Crippen LogP contribution in [0, 0.1) is 83.4 Å². The molecule has 0 unspecified atom stereocenters. The molecular formula is C27H50NNa2O8P. The monoisotopic (exact) mass is 593 g/mol. The second-order valence-electron chi connectivity index (χ2n) is 6.62. The molecule has 218 valence electrons. The Hall–Kier alpha value is -2.07. The molecular weight excluding hydrogens is 543 g/mol. The van der Waals surface area contributed by atoms with Crippen molar-refractivity contribution in [3.05, 3.63) is 0 Å². The van der Waals surface area contributed by atoms with Crippen LogP contribution in [-0.4, -0.2) is 31.3 Å². The van der Waals surface area contributed by atoms with E-state index in [9.17, 15) is 23.9 Å². The van der Waals surface area contributed by atoms with Crippen molar-refractivity contribution in [2.75, 3.05) is 13.2 Å². The van der Waals surface area contributed by atoms with Crippen molar-refractivity contribution in [1.82, 2.24) is 6.15 Å². The van der Waals surface area contributed by atoms with Gasteiger partial charge in [0.15, 0.2) is 6.10 Å². The van der Waals surface area contributed by atoms with E-state index in [-0.39, 0.29) is 88.8 Å². The van der Waals surface area contributed by atoms with Crippen LogP contribution in [0.2, 0.25) is 0 Å². The second kappa shape index (κ2) is 30.5. The van der Waals surface area contributed by atoms with Gasteiger partial charge in [0.2, 0.25) is 0 Å². The maximum atomic E-state index is 12.0. The number of rotatable bonds is 13. The molecule has 12 heteroatoms. The van der Waals surface area contributed by atoms with E-state index in [4.69, 9.17) is 15.9 Å². The number of carbonyl (C=O) groups excluding carboxylic acids is 2. The summed E-state index contributed by atoms with van der Waals surface area (Å²) in [6.45, 7) is 0.746. The predicted molar refractivity (Wildman–Crippen MR) is 158 cm³/mol. The summed E-state index contributed by atoms with van der Waals surface area (Å²) < 4.78 is 24.7. The number of esters is 2. The standard InChI is InChI=1S/C27H25O8P.H3N.2Na.12H2/c1-3-5-7-9-11-12-13-14-15-16-18-19-21-26(28)33-23-25(24-34-36(30,31)32)35-27(29)22-20-17-10-8-6-4-2;;;;;;;;;;;;;;;/h1,25H,4,6,8,10,17,20,22-24H2,2H3,(H2,30,31,32);1H3;;;12*1H/q;;2*+1;;;;;;;;;;;;/p-2/t25-;;;;;;;;;;;;;;;/m1.............../s1. The molecule has 0 radical (unpaired) electrons. The van der Waals surface area contributed by atoms with Crippen LogP contribution in [0.3, 0.4) is 0 Å². The quantitative estimate of drug-likeness (QED) is 0.0625. The van der Waals surface area contributed by atoms with E-state index in [0.29, 0.717) is 6.42 Å². The molecule has 9 nitrogen and oxygen atoms in total. The van der Waals surface area contributed by atoms with Gasteiger partial charge < -0.3 is 34.5 Å². The maximum absolute atomic E-state index is 12.0. The van der Waals surface area contributed by atoms with Gasteiger partial charge in [0.05, 0.1) is 14.4 Å². The van der Waals surface area contributed by atoms with Gasteiger partial charge in [-0.2, -0.15) is 0 Å². The molecule has 0 aromatic rings. The molecule has 0 aliphatic carbocycles. The topological polar surface area (TPSA) is 160 Å². The third kappa shape index (κ3) is 33.9. The molecule has 0 aliphatic heterocycles. The zero-order valence-electron chi connectivity index (χ0n) is 22.4. The SMILES string of the molecule is C#CC#CC#CC#CC#CC#CC#CC(=O)OC[C@H](COP(=O)([O-])[O-])OC(=O)CCCCCCCC.N.[HH].[HH].[HH].[HH].[HH].[HH].[HH].[HH].[HH].[HH].[HH].[HH].[Na+].[Na+]. The van der Waals surface area contributed by atoms with Crippen LogP contribution in [0.25, 0.3) is 0 Å². The van der Waals surface area contributed by atoms with Crippen LogP contribution in [0.5, 0.6) is 0 Å². The van der Waals surface area contributed by atoms with E-state index in [1.165, 1.54) is 0 Å². The molecule has 3 N–H and O–H groups in total. The number of carbonyl (C=O) groups is 2. The molecule has 0 aromatic carbocycles. The Morgan fingerprint density at radius 1 is 0.821 bits per heavy atom. The van der Waals surface area contributed by atoms with Crippen LogP contribution < -0.4 is 75.1 Å². The summed E-state index contributed by atoms with van der Waals surface area (Å²) in [7, 11) is -5.31. The van der Waals surface area contributed by atoms with Crippen LogP contribution in [-0.2, 0) is 28.2 Å². The van der Waals surface area contributed by atoms with Crippen LogP contribution in [0.1, 0.15) is 69.0 Å². The summed E-state index contributed by atoms with van der Waals surface area (Å²) in [5, 5.41) is 0. The molecule has 39 heavy (non-hydrogen) atoms. The molecule has 0 aliphatic rings. The van der Waals surface area contributed by atoms with Gasteiger partial charge in [0.25, 0.3) is 0 Å². The molecule has 0 spiro atoms. The zero-order valence-corrected chi connectivity index (χ0v) is 27.3. The average molecular weight is 594 g/mol. The van der Waals surface area contributed by atoms with Gasteiger partial charge in [-0.05, 0) is 77.5 Å². The first-order chi connectivity index (χ1) is 17.3. The molecule has 0 rings (SSSR count). The number of hydrogen-bond donors (Lipinski definition) is 1. The third-order valence-corrected chi connectivity index (χ3v) is 4.18. The Balaban J connectivity index is -0.0000000583. The average Bonchev–Trinajstić information content (AvgIpc) is 2.83. The molecule has 0 saturated heterocycles. The van der Waals surface area contributed by atoms with Crippen molar-refractivity contribution in [1.29, 1.82) is 0 Å². The van der Waals surface area contributed by atoms with Gasteiger partial charge in [0.1, 0.15) is 6.61 Å². The van der Waals surface area contributed by atoms with E-state index in [0.717, 1.165) is 32.1 Å². The first kappa shape index (κ1) is 44.0. The summed E-state index contributed by atoms with van der Waals surface area (Å²) in [6, 6.07) is 0. The van der Waals surface area contributed by atoms with Gasteiger partial charge in [-0.25, -0.2) is 4.79 Å². The van der Waals surface area contributed by atoms with Gasteiger partial charge >= 0.3 is 71.1 Å². The minimum atomic E-state index is -5.31. The number of phosphoric acid groups is 1. The van der Waals surface area contributed by atoms with Gasteiger partial charge in [-0.15, -0.1) is 6.42 Å². The minimum absolute atomic E-state index is 0. The summed E-state index contributed by atoms with van der Waals surface area (Å²) in [5.74, 6) is 28.3. The van der Waals surface area contributed by atoms with Crippen molar-refractivity contribution in [2.45, 2.75) is 58.0 Å². The number of phosphoric ester groups is 1. The fourth-order valence-electron chi connectivity index (χ4n) is 2.19. The zero-order chi connectivity index (χ0) is 26.9. The summed E-state index contributed by atoms with van der Waals surface area (Å²) in [5.41, 5.74) is 0. The normalized spacial score (nSPS) is 8.77. The van der Waals surface area contributed by atoms with Gasteiger partial charge in [-0.3, -0.25) is 4.79 Å². The fraction of sp³-hybridized carbons (Fsp3) is 0.407. The first-order valence-electron chi connectivity index (χ1n) is 10.8. The van der Waals surface area contributed by atoms with E-state index in [1.54, 1.807) is 0 Å².